The number of carbonyl (C=O) groups is 1. The molecule has 0 radical (unpaired) electrons. The van der Waals surface area contributed by atoms with Crippen LogP contribution in [0.3, 0.4) is 0 Å². The monoisotopic (exact) mass is 395 g/mol. The molecule has 1 saturated heterocycles. The SMILES string of the molecule is CC[C@H](NC(=S)Nc1ccc(C)c(N2CCCC2=O)c1)c1ccc(C)c(C)c1. The Hall–Kier alpha value is -2.40. The van der Waals surface area contributed by atoms with E-state index in [1.807, 2.05) is 30.0 Å². The third kappa shape index (κ3) is 4.53. The highest BCUT2D eigenvalue weighted by molar-refractivity contribution is 7.80. The molecule has 2 aromatic rings. The Bertz CT molecular complexity index is 893. The average molecular weight is 396 g/mol. The molecule has 2 N–H and O–H groups in total. The lowest BCUT2D eigenvalue weighted by molar-refractivity contribution is -0.117. The zero-order valence-corrected chi connectivity index (χ0v) is 18.0. The maximum Gasteiger partial charge on any atom is 0.227 e. The molecule has 28 heavy (non-hydrogen) atoms. The van der Waals surface area contributed by atoms with E-state index in [-0.39, 0.29) is 11.9 Å². The van der Waals surface area contributed by atoms with Crippen molar-refractivity contribution in [2.24, 2.45) is 0 Å². The van der Waals surface area contributed by atoms with E-state index in [2.05, 4.69) is 49.6 Å². The van der Waals surface area contributed by atoms with Gasteiger partial charge >= 0.3 is 0 Å². The molecule has 3 rings (SSSR count). The molecule has 148 valence electrons. The Labute approximate surface area is 173 Å². The van der Waals surface area contributed by atoms with Crippen LogP contribution in [0.4, 0.5) is 11.4 Å². The Morgan fingerprint density at radius 3 is 2.50 bits per heavy atom. The molecule has 4 nitrogen and oxygen atoms in total. The number of benzene rings is 2. The topological polar surface area (TPSA) is 44.4 Å². The van der Waals surface area contributed by atoms with Crippen molar-refractivity contribution in [3.05, 3.63) is 58.7 Å². The van der Waals surface area contributed by atoms with Crippen molar-refractivity contribution in [2.45, 2.75) is 53.0 Å². The summed E-state index contributed by atoms with van der Waals surface area (Å²) in [6, 6.07) is 12.8. The molecule has 2 aromatic carbocycles. The number of nitrogens with zero attached hydrogens (tertiary/aromatic N) is 1. The van der Waals surface area contributed by atoms with E-state index < -0.39 is 0 Å². The normalized spacial score (nSPS) is 14.9. The second-order valence-electron chi connectivity index (χ2n) is 7.55. The van der Waals surface area contributed by atoms with E-state index >= 15 is 0 Å². The molecule has 1 fully saturated rings. The Kier molecular flexibility index (Phi) is 6.35. The van der Waals surface area contributed by atoms with Crippen molar-refractivity contribution >= 4 is 34.6 Å². The summed E-state index contributed by atoms with van der Waals surface area (Å²) in [6.07, 6.45) is 2.49. The summed E-state index contributed by atoms with van der Waals surface area (Å²) in [7, 11) is 0. The lowest BCUT2D eigenvalue weighted by Crippen LogP contribution is -2.32. The number of carbonyl (C=O) groups excluding carboxylic acids is 1. The predicted octanol–water partition coefficient (Wildman–Crippen LogP) is 5.18. The highest BCUT2D eigenvalue weighted by Gasteiger charge is 2.23. The molecule has 0 unspecified atom stereocenters. The number of nitrogens with one attached hydrogen (secondary N) is 2. The fourth-order valence-electron chi connectivity index (χ4n) is 3.61. The highest BCUT2D eigenvalue weighted by atomic mass is 32.1. The molecule has 1 amide bonds. The van der Waals surface area contributed by atoms with E-state index in [1.165, 1.54) is 16.7 Å². The number of anilines is 2. The van der Waals surface area contributed by atoms with Crippen molar-refractivity contribution in [2.75, 3.05) is 16.8 Å². The van der Waals surface area contributed by atoms with Crippen LogP contribution in [0.25, 0.3) is 0 Å². The number of amides is 1. The van der Waals surface area contributed by atoms with Crippen LogP contribution in [0.15, 0.2) is 36.4 Å². The van der Waals surface area contributed by atoms with Crippen LogP contribution in [0.1, 0.15) is 54.5 Å². The Morgan fingerprint density at radius 2 is 1.86 bits per heavy atom. The van der Waals surface area contributed by atoms with Crippen molar-refractivity contribution in [3.63, 3.8) is 0 Å². The van der Waals surface area contributed by atoms with Crippen molar-refractivity contribution in [1.82, 2.24) is 5.32 Å². The van der Waals surface area contributed by atoms with Gasteiger partial charge in [0.1, 0.15) is 0 Å². The lowest BCUT2D eigenvalue weighted by Gasteiger charge is -2.22. The van der Waals surface area contributed by atoms with Gasteiger partial charge in [-0.2, -0.15) is 0 Å². The van der Waals surface area contributed by atoms with Crippen LogP contribution in [0, 0.1) is 20.8 Å². The summed E-state index contributed by atoms with van der Waals surface area (Å²) in [4.78, 5) is 14.0. The van der Waals surface area contributed by atoms with Gasteiger partial charge in [-0.1, -0.05) is 31.2 Å². The van der Waals surface area contributed by atoms with Crippen LogP contribution < -0.4 is 15.5 Å². The van der Waals surface area contributed by atoms with Gasteiger partial charge in [-0.3, -0.25) is 4.79 Å². The van der Waals surface area contributed by atoms with Crippen LogP contribution in [-0.2, 0) is 4.79 Å². The van der Waals surface area contributed by atoms with Crippen LogP contribution in [0.2, 0.25) is 0 Å². The van der Waals surface area contributed by atoms with Gasteiger partial charge in [0, 0.05) is 24.3 Å². The average Bonchev–Trinajstić information content (AvgIpc) is 3.09. The first kappa shape index (κ1) is 20.3. The summed E-state index contributed by atoms with van der Waals surface area (Å²) < 4.78 is 0. The molecule has 1 heterocycles. The summed E-state index contributed by atoms with van der Waals surface area (Å²) in [5, 5.41) is 7.31. The number of aryl methyl sites for hydroxylation is 3. The number of rotatable bonds is 5. The Balaban J connectivity index is 1.71. The molecule has 0 aromatic heterocycles. The molecule has 1 aliphatic heterocycles. The third-order valence-electron chi connectivity index (χ3n) is 5.48. The number of hydrogen-bond acceptors (Lipinski definition) is 2. The van der Waals surface area contributed by atoms with E-state index in [4.69, 9.17) is 12.2 Å². The number of hydrogen-bond donors (Lipinski definition) is 2. The zero-order valence-electron chi connectivity index (χ0n) is 17.1. The van der Waals surface area contributed by atoms with Gasteiger partial charge in [-0.15, -0.1) is 0 Å². The largest absolute Gasteiger partial charge is 0.356 e. The molecule has 5 heteroatoms. The van der Waals surface area contributed by atoms with Gasteiger partial charge in [0.25, 0.3) is 0 Å². The van der Waals surface area contributed by atoms with E-state index in [1.54, 1.807) is 0 Å². The minimum atomic E-state index is 0.157. The lowest BCUT2D eigenvalue weighted by atomic mass is 9.99. The molecule has 0 saturated carbocycles. The van der Waals surface area contributed by atoms with Crippen molar-refractivity contribution < 1.29 is 4.79 Å². The number of thiocarbonyl (C=S) groups is 1. The standard InChI is InChI=1S/C23H29N3OS/c1-5-20(18-10-8-15(2)17(4)13-18)25-23(28)24-19-11-9-16(3)21(14-19)26-12-6-7-22(26)27/h8-11,13-14,20H,5-7,12H2,1-4H3,(H2,24,25,28)/t20-/m0/s1. The van der Waals surface area contributed by atoms with Gasteiger partial charge in [0.05, 0.1) is 6.04 Å². The molecule has 0 spiro atoms. The van der Waals surface area contributed by atoms with Gasteiger partial charge in [-0.25, -0.2) is 0 Å². The summed E-state index contributed by atoms with van der Waals surface area (Å²) >= 11 is 5.57. The molecule has 0 bridgehead atoms. The molecule has 1 atom stereocenters. The van der Waals surface area contributed by atoms with E-state index in [0.717, 1.165) is 36.3 Å². The van der Waals surface area contributed by atoms with E-state index in [9.17, 15) is 4.79 Å². The fraction of sp³-hybridized carbons (Fsp3) is 0.391. The molecule has 0 aliphatic carbocycles. The van der Waals surface area contributed by atoms with Gasteiger partial charge in [-0.05, 0) is 80.2 Å². The van der Waals surface area contributed by atoms with Crippen molar-refractivity contribution in [3.8, 4) is 0 Å². The summed E-state index contributed by atoms with van der Waals surface area (Å²) in [6.45, 7) is 9.23. The predicted molar refractivity (Wildman–Crippen MR) is 121 cm³/mol. The Morgan fingerprint density at radius 1 is 1.11 bits per heavy atom. The summed E-state index contributed by atoms with van der Waals surface area (Å²) in [5.74, 6) is 0.196. The first-order valence-electron chi connectivity index (χ1n) is 9.94. The second-order valence-corrected chi connectivity index (χ2v) is 7.96. The first-order valence-corrected chi connectivity index (χ1v) is 10.4. The van der Waals surface area contributed by atoms with Crippen LogP contribution in [0.5, 0.6) is 0 Å². The smallest absolute Gasteiger partial charge is 0.227 e. The van der Waals surface area contributed by atoms with Gasteiger partial charge in [0.15, 0.2) is 5.11 Å². The zero-order chi connectivity index (χ0) is 20.3. The van der Waals surface area contributed by atoms with Crippen LogP contribution in [-0.4, -0.2) is 17.6 Å². The maximum absolute atomic E-state index is 12.1. The fourth-order valence-corrected chi connectivity index (χ4v) is 3.87. The van der Waals surface area contributed by atoms with Crippen LogP contribution >= 0.6 is 12.2 Å². The molecular weight excluding hydrogens is 366 g/mol. The second kappa shape index (κ2) is 8.74. The van der Waals surface area contributed by atoms with Gasteiger partial charge in [0.2, 0.25) is 5.91 Å². The molecular formula is C23H29N3OS. The quantitative estimate of drug-likeness (QED) is 0.685. The minimum Gasteiger partial charge on any atom is -0.356 e. The third-order valence-corrected chi connectivity index (χ3v) is 5.70. The van der Waals surface area contributed by atoms with Gasteiger partial charge < -0.3 is 15.5 Å². The minimum absolute atomic E-state index is 0.157. The highest BCUT2D eigenvalue weighted by Crippen LogP contribution is 2.28. The first-order chi connectivity index (χ1) is 13.4. The molecule has 1 aliphatic rings. The summed E-state index contributed by atoms with van der Waals surface area (Å²) in [5.41, 5.74) is 6.78. The maximum atomic E-state index is 12.1. The van der Waals surface area contributed by atoms with Crippen molar-refractivity contribution in [1.29, 1.82) is 0 Å². The van der Waals surface area contributed by atoms with E-state index in [0.29, 0.717) is 11.5 Å².